The molecular formula is C17H15N3O2S2. The minimum atomic E-state index is -0.208. The van der Waals surface area contributed by atoms with Crippen LogP contribution in [0.4, 0.5) is 5.69 Å². The molecule has 0 saturated carbocycles. The molecule has 3 rings (SSSR count). The topological polar surface area (TPSA) is 64.1 Å². The summed E-state index contributed by atoms with van der Waals surface area (Å²) in [4.78, 5) is 13.6. The van der Waals surface area contributed by atoms with Gasteiger partial charge in [-0.25, -0.2) is 0 Å². The van der Waals surface area contributed by atoms with Crippen molar-refractivity contribution in [2.45, 2.75) is 16.2 Å². The largest absolute Gasteiger partial charge is 0.496 e. The van der Waals surface area contributed by atoms with Crippen molar-refractivity contribution in [2.75, 3.05) is 12.4 Å². The van der Waals surface area contributed by atoms with Crippen molar-refractivity contribution in [3.63, 3.8) is 0 Å². The van der Waals surface area contributed by atoms with Crippen LogP contribution in [0.2, 0.25) is 0 Å². The number of nitrogens with one attached hydrogen (secondary N) is 1. The van der Waals surface area contributed by atoms with Gasteiger partial charge >= 0.3 is 0 Å². The van der Waals surface area contributed by atoms with Gasteiger partial charge in [-0.15, -0.1) is 10.2 Å². The predicted molar refractivity (Wildman–Crippen MR) is 96.2 cm³/mol. The molecule has 1 N–H and O–H groups in total. The van der Waals surface area contributed by atoms with Crippen LogP contribution >= 0.6 is 23.1 Å². The van der Waals surface area contributed by atoms with E-state index < -0.39 is 0 Å². The zero-order chi connectivity index (χ0) is 16.9. The first-order valence-corrected chi connectivity index (χ1v) is 8.86. The summed E-state index contributed by atoms with van der Waals surface area (Å²) >= 11 is 2.93. The number of hydrogen-bond acceptors (Lipinski definition) is 6. The average Bonchev–Trinajstić information content (AvgIpc) is 3.09. The number of anilines is 1. The maximum atomic E-state index is 12.7. The van der Waals surface area contributed by atoms with Crippen molar-refractivity contribution in [1.82, 2.24) is 10.2 Å². The smallest absolute Gasteiger partial charge is 0.259 e. The van der Waals surface area contributed by atoms with Gasteiger partial charge < -0.3 is 10.1 Å². The minimum absolute atomic E-state index is 0.208. The Bertz CT molecular complexity index is 851. The molecular weight excluding hydrogens is 342 g/mol. The molecule has 0 aliphatic carbocycles. The van der Waals surface area contributed by atoms with Gasteiger partial charge in [-0.2, -0.15) is 0 Å². The number of nitrogens with zero attached hydrogens (tertiary/aromatic N) is 2. The van der Waals surface area contributed by atoms with Gasteiger partial charge in [0.25, 0.3) is 5.91 Å². The number of aryl methyl sites for hydroxylation is 1. The van der Waals surface area contributed by atoms with E-state index in [4.69, 9.17) is 4.74 Å². The minimum Gasteiger partial charge on any atom is -0.496 e. The summed E-state index contributed by atoms with van der Waals surface area (Å²) in [5.41, 5.74) is 3.91. The number of carbonyl (C=O) groups excluding carboxylic acids is 1. The van der Waals surface area contributed by atoms with Gasteiger partial charge in [-0.3, -0.25) is 4.79 Å². The Morgan fingerprint density at radius 2 is 2.08 bits per heavy atom. The van der Waals surface area contributed by atoms with E-state index in [0.29, 0.717) is 11.3 Å². The lowest BCUT2D eigenvalue weighted by Gasteiger charge is -2.12. The molecule has 122 valence electrons. The quantitative estimate of drug-likeness (QED) is 0.739. The van der Waals surface area contributed by atoms with Gasteiger partial charge in [0.1, 0.15) is 11.3 Å². The maximum absolute atomic E-state index is 12.7. The Balaban J connectivity index is 1.86. The molecule has 5 nitrogen and oxygen atoms in total. The highest BCUT2D eigenvalue weighted by atomic mass is 32.2. The molecule has 0 saturated heterocycles. The van der Waals surface area contributed by atoms with Crippen molar-refractivity contribution in [3.8, 4) is 5.75 Å². The SMILES string of the molecule is COc1ccc(C)cc1C(=O)Nc1ccccc1Sc1nncs1. The molecule has 0 unspecified atom stereocenters. The van der Waals surface area contributed by atoms with Gasteiger partial charge in [0.2, 0.25) is 0 Å². The fraction of sp³-hybridized carbons (Fsp3) is 0.118. The highest BCUT2D eigenvalue weighted by molar-refractivity contribution is 8.01. The second kappa shape index (κ2) is 7.46. The van der Waals surface area contributed by atoms with E-state index in [2.05, 4.69) is 15.5 Å². The summed E-state index contributed by atoms with van der Waals surface area (Å²) in [6.45, 7) is 1.94. The van der Waals surface area contributed by atoms with Gasteiger partial charge in [0.05, 0.1) is 18.4 Å². The number of hydrogen-bond donors (Lipinski definition) is 1. The van der Waals surface area contributed by atoms with Crippen molar-refractivity contribution in [2.24, 2.45) is 0 Å². The molecule has 1 amide bonds. The van der Waals surface area contributed by atoms with Crippen LogP contribution < -0.4 is 10.1 Å². The van der Waals surface area contributed by atoms with E-state index in [0.717, 1.165) is 20.5 Å². The number of ether oxygens (including phenoxy) is 1. The summed E-state index contributed by atoms with van der Waals surface area (Å²) < 4.78 is 6.12. The molecule has 3 aromatic rings. The van der Waals surface area contributed by atoms with Crippen LogP contribution in [0.1, 0.15) is 15.9 Å². The second-order valence-electron chi connectivity index (χ2n) is 4.96. The van der Waals surface area contributed by atoms with E-state index in [1.165, 1.54) is 23.1 Å². The first-order valence-electron chi connectivity index (χ1n) is 7.16. The zero-order valence-corrected chi connectivity index (χ0v) is 14.8. The van der Waals surface area contributed by atoms with Crippen LogP contribution in [-0.2, 0) is 0 Å². The summed E-state index contributed by atoms with van der Waals surface area (Å²) in [5.74, 6) is 0.341. The second-order valence-corrected chi connectivity index (χ2v) is 7.08. The van der Waals surface area contributed by atoms with Crippen LogP contribution in [0.25, 0.3) is 0 Å². The third-order valence-electron chi connectivity index (χ3n) is 3.27. The number of methoxy groups -OCH3 is 1. The highest BCUT2D eigenvalue weighted by Crippen LogP contribution is 2.34. The monoisotopic (exact) mass is 357 g/mol. The van der Waals surface area contributed by atoms with Crippen LogP contribution in [-0.4, -0.2) is 23.2 Å². The average molecular weight is 357 g/mol. The van der Waals surface area contributed by atoms with Crippen molar-refractivity contribution < 1.29 is 9.53 Å². The Morgan fingerprint density at radius 1 is 1.25 bits per heavy atom. The molecule has 7 heteroatoms. The zero-order valence-electron chi connectivity index (χ0n) is 13.1. The fourth-order valence-electron chi connectivity index (χ4n) is 2.15. The predicted octanol–water partition coefficient (Wildman–Crippen LogP) is 4.26. The highest BCUT2D eigenvalue weighted by Gasteiger charge is 2.15. The first-order chi connectivity index (χ1) is 11.7. The van der Waals surface area contributed by atoms with Gasteiger partial charge in [0.15, 0.2) is 4.34 Å². The van der Waals surface area contributed by atoms with E-state index in [1.54, 1.807) is 18.7 Å². The molecule has 0 fully saturated rings. The van der Waals surface area contributed by atoms with Gasteiger partial charge in [-0.1, -0.05) is 46.9 Å². The standard InChI is InChI=1S/C17H15N3O2S2/c1-11-7-8-14(22-2)12(9-11)16(21)19-13-5-3-4-6-15(13)24-17-20-18-10-23-17/h3-10H,1-2H3,(H,19,21). The van der Waals surface area contributed by atoms with Crippen molar-refractivity contribution in [3.05, 3.63) is 59.1 Å². The van der Waals surface area contributed by atoms with E-state index in [-0.39, 0.29) is 5.91 Å². The molecule has 24 heavy (non-hydrogen) atoms. The van der Waals surface area contributed by atoms with Gasteiger partial charge in [-0.05, 0) is 31.2 Å². The summed E-state index contributed by atoms with van der Waals surface area (Å²) in [6.07, 6.45) is 0. The van der Waals surface area contributed by atoms with Crippen molar-refractivity contribution in [1.29, 1.82) is 0 Å². The molecule has 0 aliphatic heterocycles. The summed E-state index contributed by atoms with van der Waals surface area (Å²) in [6, 6.07) is 13.1. The maximum Gasteiger partial charge on any atom is 0.259 e. The van der Waals surface area contributed by atoms with Crippen LogP contribution in [0, 0.1) is 6.92 Å². The number of para-hydroxylation sites is 1. The summed E-state index contributed by atoms with van der Waals surface area (Å²) in [5, 5.41) is 10.8. The van der Waals surface area contributed by atoms with E-state index in [1.807, 2.05) is 43.3 Å². The van der Waals surface area contributed by atoms with Crippen LogP contribution in [0.15, 0.2) is 57.2 Å². The summed E-state index contributed by atoms with van der Waals surface area (Å²) in [7, 11) is 1.56. The number of benzene rings is 2. The number of amides is 1. The number of aromatic nitrogens is 2. The van der Waals surface area contributed by atoms with E-state index in [9.17, 15) is 4.79 Å². The molecule has 0 bridgehead atoms. The Morgan fingerprint density at radius 3 is 2.83 bits per heavy atom. The molecule has 1 heterocycles. The third kappa shape index (κ3) is 3.74. The molecule has 0 aliphatic rings. The number of carbonyl (C=O) groups is 1. The molecule has 0 atom stereocenters. The lowest BCUT2D eigenvalue weighted by Crippen LogP contribution is -2.14. The van der Waals surface area contributed by atoms with Crippen LogP contribution in [0.5, 0.6) is 5.75 Å². The van der Waals surface area contributed by atoms with E-state index >= 15 is 0 Å². The lowest BCUT2D eigenvalue weighted by molar-refractivity contribution is 0.102. The first kappa shape index (κ1) is 16.5. The Kier molecular flexibility index (Phi) is 5.12. The van der Waals surface area contributed by atoms with Crippen molar-refractivity contribution >= 4 is 34.7 Å². The van der Waals surface area contributed by atoms with Gasteiger partial charge in [0, 0.05) is 4.90 Å². The molecule has 0 radical (unpaired) electrons. The lowest BCUT2D eigenvalue weighted by atomic mass is 10.1. The molecule has 1 aromatic heterocycles. The third-order valence-corrected chi connectivity index (χ3v) is 5.13. The molecule has 2 aromatic carbocycles. The van der Waals surface area contributed by atoms with Crippen LogP contribution in [0.3, 0.4) is 0 Å². The number of rotatable bonds is 5. The normalized spacial score (nSPS) is 10.4. The Hall–Kier alpha value is -2.38. The Labute approximate surface area is 148 Å². The molecule has 0 spiro atoms. The fourth-order valence-corrected chi connectivity index (χ4v) is 3.67.